The lowest BCUT2D eigenvalue weighted by atomic mass is 9.87. The maximum atomic E-state index is 11.9. The fourth-order valence-corrected chi connectivity index (χ4v) is 3.83. The lowest BCUT2D eigenvalue weighted by Gasteiger charge is -2.25. The molecule has 1 aliphatic carbocycles. The Kier molecular flexibility index (Phi) is 5.01. The summed E-state index contributed by atoms with van der Waals surface area (Å²) in [5, 5.41) is 19.6. The Morgan fingerprint density at radius 2 is 2.36 bits per heavy atom. The van der Waals surface area contributed by atoms with Gasteiger partial charge in [-0.3, -0.25) is 5.32 Å². The van der Waals surface area contributed by atoms with E-state index in [1.54, 1.807) is 11.3 Å². The summed E-state index contributed by atoms with van der Waals surface area (Å²) in [5.41, 5.74) is 0.964. The van der Waals surface area contributed by atoms with E-state index in [1.165, 1.54) is 11.5 Å². The van der Waals surface area contributed by atoms with E-state index in [9.17, 15) is 9.90 Å². The van der Waals surface area contributed by atoms with E-state index in [4.69, 9.17) is 0 Å². The van der Waals surface area contributed by atoms with Crippen molar-refractivity contribution in [3.8, 4) is 11.4 Å². The van der Waals surface area contributed by atoms with Gasteiger partial charge in [0.1, 0.15) is 0 Å². The molecule has 2 aromatic heterocycles. The molecule has 2 heterocycles. The first kappa shape index (κ1) is 15.4. The summed E-state index contributed by atoms with van der Waals surface area (Å²) in [6.45, 7) is 0.582. The molecule has 0 bridgehead atoms. The van der Waals surface area contributed by atoms with Gasteiger partial charge in [0.2, 0.25) is 5.13 Å². The number of hydrogen-bond donors (Lipinski definition) is 3. The van der Waals surface area contributed by atoms with Gasteiger partial charge in [-0.1, -0.05) is 6.42 Å². The number of aromatic nitrogens is 2. The number of aliphatic hydroxyl groups excluding tert-OH is 1. The van der Waals surface area contributed by atoms with Gasteiger partial charge in [-0.15, -0.1) is 0 Å². The van der Waals surface area contributed by atoms with Crippen molar-refractivity contribution in [3.05, 3.63) is 16.8 Å². The highest BCUT2D eigenvalue weighted by Crippen LogP contribution is 2.24. The summed E-state index contributed by atoms with van der Waals surface area (Å²) in [6, 6.07) is 1.68. The van der Waals surface area contributed by atoms with E-state index in [0.717, 1.165) is 31.2 Å². The zero-order chi connectivity index (χ0) is 15.4. The molecule has 0 radical (unpaired) electrons. The van der Waals surface area contributed by atoms with E-state index < -0.39 is 0 Å². The minimum atomic E-state index is -0.270. The van der Waals surface area contributed by atoms with E-state index in [2.05, 4.69) is 20.0 Å². The fraction of sp³-hybridized carbons (Fsp3) is 0.500. The molecule has 2 unspecified atom stereocenters. The van der Waals surface area contributed by atoms with Crippen LogP contribution in [0.25, 0.3) is 11.4 Å². The Morgan fingerprint density at radius 3 is 3.14 bits per heavy atom. The van der Waals surface area contributed by atoms with Crippen LogP contribution in [-0.2, 0) is 0 Å². The van der Waals surface area contributed by atoms with Gasteiger partial charge >= 0.3 is 6.03 Å². The van der Waals surface area contributed by atoms with Crippen molar-refractivity contribution < 1.29 is 9.90 Å². The summed E-state index contributed by atoms with van der Waals surface area (Å²) in [5.74, 6) is 0.988. The Balaban J connectivity index is 1.47. The van der Waals surface area contributed by atoms with E-state index >= 15 is 0 Å². The smallest absolute Gasteiger partial charge is 0.321 e. The normalized spacial score (nSPS) is 21.5. The van der Waals surface area contributed by atoms with Crippen LogP contribution in [0.1, 0.15) is 25.7 Å². The fourth-order valence-electron chi connectivity index (χ4n) is 2.61. The second kappa shape index (κ2) is 7.17. The van der Waals surface area contributed by atoms with Gasteiger partial charge in [0.15, 0.2) is 5.82 Å². The van der Waals surface area contributed by atoms with Crippen LogP contribution in [0.5, 0.6) is 0 Å². The maximum Gasteiger partial charge on any atom is 0.321 e. The zero-order valence-electron chi connectivity index (χ0n) is 12.0. The van der Waals surface area contributed by atoms with Crippen LogP contribution in [0.4, 0.5) is 9.93 Å². The lowest BCUT2D eigenvalue weighted by molar-refractivity contribution is 0.101. The number of hydrogen-bond acceptors (Lipinski definition) is 6. The standard InChI is InChI=1S/C14H18N4O2S2/c19-11-3-1-2-9(6-11)7-15-13(20)17-14-16-12(18-22-14)10-4-5-21-8-10/h4-5,8-9,11,19H,1-3,6-7H2,(H2,15,16,17,18,20). The molecule has 6 nitrogen and oxygen atoms in total. The first-order valence-corrected chi connectivity index (χ1v) is 9.01. The third-order valence-corrected chi connectivity index (χ3v) is 5.05. The van der Waals surface area contributed by atoms with Crippen LogP contribution < -0.4 is 10.6 Å². The van der Waals surface area contributed by atoms with Crippen LogP contribution in [0.3, 0.4) is 0 Å². The van der Waals surface area contributed by atoms with Gasteiger partial charge in [0.05, 0.1) is 6.10 Å². The largest absolute Gasteiger partial charge is 0.393 e. The zero-order valence-corrected chi connectivity index (χ0v) is 13.6. The number of nitrogens with one attached hydrogen (secondary N) is 2. The van der Waals surface area contributed by atoms with Crippen molar-refractivity contribution in [3.63, 3.8) is 0 Å². The third-order valence-electron chi connectivity index (χ3n) is 3.73. The molecule has 0 aliphatic heterocycles. The number of anilines is 1. The number of carbonyl (C=O) groups excluding carboxylic acids is 1. The van der Waals surface area contributed by atoms with Crippen LogP contribution in [0.2, 0.25) is 0 Å². The number of urea groups is 1. The molecule has 2 aromatic rings. The lowest BCUT2D eigenvalue weighted by Crippen LogP contribution is -2.35. The van der Waals surface area contributed by atoms with Crippen molar-refractivity contribution in [2.45, 2.75) is 31.8 Å². The predicted octanol–water partition coefficient (Wildman–Crippen LogP) is 2.94. The molecular weight excluding hydrogens is 320 g/mol. The number of rotatable bonds is 4. The van der Waals surface area contributed by atoms with Crippen molar-refractivity contribution in [2.75, 3.05) is 11.9 Å². The molecule has 118 valence electrons. The monoisotopic (exact) mass is 338 g/mol. The second-order valence-corrected chi connectivity index (χ2v) is 6.99. The molecule has 3 rings (SSSR count). The molecule has 1 aliphatic rings. The van der Waals surface area contributed by atoms with Crippen molar-refractivity contribution in [1.82, 2.24) is 14.7 Å². The second-order valence-electron chi connectivity index (χ2n) is 5.46. The van der Waals surface area contributed by atoms with Crippen molar-refractivity contribution in [2.24, 2.45) is 5.92 Å². The number of aliphatic hydroxyl groups is 1. The molecule has 0 saturated heterocycles. The average Bonchev–Trinajstić information content (AvgIpc) is 3.16. The summed E-state index contributed by atoms with van der Waals surface area (Å²) >= 11 is 2.76. The molecule has 2 atom stereocenters. The van der Waals surface area contributed by atoms with E-state index in [0.29, 0.717) is 23.4 Å². The highest BCUT2D eigenvalue weighted by molar-refractivity contribution is 7.10. The van der Waals surface area contributed by atoms with Crippen LogP contribution >= 0.6 is 22.9 Å². The number of carbonyl (C=O) groups is 1. The first-order valence-electron chi connectivity index (χ1n) is 7.30. The Labute approximate surface area is 136 Å². The summed E-state index contributed by atoms with van der Waals surface area (Å²) < 4.78 is 4.23. The highest BCUT2D eigenvalue weighted by atomic mass is 32.1. The van der Waals surface area contributed by atoms with Gasteiger partial charge in [-0.2, -0.15) is 20.7 Å². The van der Waals surface area contributed by atoms with Crippen LogP contribution in [-0.4, -0.2) is 33.1 Å². The highest BCUT2D eigenvalue weighted by Gasteiger charge is 2.20. The quantitative estimate of drug-likeness (QED) is 0.800. The minimum Gasteiger partial charge on any atom is -0.393 e. The molecule has 22 heavy (non-hydrogen) atoms. The molecule has 8 heteroatoms. The summed E-state index contributed by atoms with van der Waals surface area (Å²) in [6.07, 6.45) is 3.49. The molecule has 1 saturated carbocycles. The van der Waals surface area contributed by atoms with Crippen LogP contribution in [0, 0.1) is 5.92 Å². The average molecular weight is 338 g/mol. The topological polar surface area (TPSA) is 87.1 Å². The van der Waals surface area contributed by atoms with E-state index in [-0.39, 0.29) is 12.1 Å². The Morgan fingerprint density at radius 1 is 1.45 bits per heavy atom. The van der Waals surface area contributed by atoms with Gasteiger partial charge in [-0.25, -0.2) is 4.79 Å². The Hall–Kier alpha value is -1.51. The van der Waals surface area contributed by atoms with Gasteiger partial charge in [0.25, 0.3) is 0 Å². The SMILES string of the molecule is O=C(NCC1CCCC(O)C1)Nc1nc(-c2ccsc2)ns1. The number of thiophene rings is 1. The summed E-state index contributed by atoms with van der Waals surface area (Å²) in [7, 11) is 0. The maximum absolute atomic E-state index is 11.9. The molecule has 2 amide bonds. The van der Waals surface area contributed by atoms with E-state index in [1.807, 2.05) is 16.8 Å². The predicted molar refractivity (Wildman–Crippen MR) is 88.2 cm³/mol. The molecule has 0 spiro atoms. The minimum absolute atomic E-state index is 0.222. The number of nitrogens with zero attached hydrogens (tertiary/aromatic N) is 2. The Bertz CT molecular complexity index is 614. The molecule has 3 N–H and O–H groups in total. The molecule has 1 fully saturated rings. The third kappa shape index (κ3) is 4.02. The summed E-state index contributed by atoms with van der Waals surface area (Å²) in [4.78, 5) is 16.2. The van der Waals surface area contributed by atoms with Crippen molar-refractivity contribution in [1.29, 1.82) is 0 Å². The van der Waals surface area contributed by atoms with Gasteiger partial charge in [-0.05, 0) is 36.6 Å². The van der Waals surface area contributed by atoms with Gasteiger partial charge in [0, 0.05) is 29.0 Å². The first-order chi connectivity index (χ1) is 10.7. The molecular formula is C14H18N4O2S2. The van der Waals surface area contributed by atoms with Gasteiger partial charge < -0.3 is 10.4 Å². The molecule has 0 aromatic carbocycles. The van der Waals surface area contributed by atoms with Crippen LogP contribution in [0.15, 0.2) is 16.8 Å². The van der Waals surface area contributed by atoms with Crippen molar-refractivity contribution >= 4 is 34.0 Å². The number of amides is 2.